The van der Waals surface area contributed by atoms with Gasteiger partial charge in [0.05, 0.1) is 0 Å². The Kier molecular flexibility index (Phi) is 5.88. The standard InChI is InChI=1S/C12H24N2/c1-12(2)6-7-13-8-11-14-9-4-3-5-10-14/h6,13H,3-5,7-11H2,1-2H3. The SMILES string of the molecule is CC(C)=CCNCCN1CCCCC1. The highest BCUT2D eigenvalue weighted by Crippen LogP contribution is 2.07. The van der Waals surface area contributed by atoms with Gasteiger partial charge < -0.3 is 10.2 Å². The third kappa shape index (κ3) is 5.40. The van der Waals surface area contributed by atoms with Crippen molar-refractivity contribution in [3.8, 4) is 0 Å². The zero-order chi connectivity index (χ0) is 10.2. The Hall–Kier alpha value is -0.340. The summed E-state index contributed by atoms with van der Waals surface area (Å²) in [6, 6.07) is 0. The van der Waals surface area contributed by atoms with Gasteiger partial charge in [-0.15, -0.1) is 0 Å². The van der Waals surface area contributed by atoms with Crippen LogP contribution in [0.1, 0.15) is 33.1 Å². The van der Waals surface area contributed by atoms with E-state index in [2.05, 4.69) is 30.1 Å². The summed E-state index contributed by atoms with van der Waals surface area (Å²) < 4.78 is 0. The first-order valence-corrected chi connectivity index (χ1v) is 5.85. The predicted octanol–water partition coefficient (Wildman–Crippen LogP) is 2.03. The second-order valence-corrected chi connectivity index (χ2v) is 4.39. The smallest absolute Gasteiger partial charge is 0.0137 e. The van der Waals surface area contributed by atoms with E-state index in [9.17, 15) is 0 Å². The summed E-state index contributed by atoms with van der Waals surface area (Å²) in [6.45, 7) is 10.3. The molecule has 2 heteroatoms. The van der Waals surface area contributed by atoms with Gasteiger partial charge in [0.2, 0.25) is 0 Å². The number of nitrogens with zero attached hydrogens (tertiary/aromatic N) is 1. The molecule has 0 aromatic carbocycles. The Morgan fingerprint density at radius 3 is 2.57 bits per heavy atom. The van der Waals surface area contributed by atoms with Crippen LogP contribution in [0, 0.1) is 0 Å². The first kappa shape index (κ1) is 11.7. The van der Waals surface area contributed by atoms with Crippen molar-refractivity contribution in [1.29, 1.82) is 0 Å². The average molecular weight is 196 g/mol. The number of nitrogens with one attached hydrogen (secondary N) is 1. The van der Waals surface area contributed by atoms with Crippen molar-refractivity contribution < 1.29 is 0 Å². The van der Waals surface area contributed by atoms with Crippen LogP contribution < -0.4 is 5.32 Å². The van der Waals surface area contributed by atoms with Gasteiger partial charge in [-0.25, -0.2) is 0 Å². The van der Waals surface area contributed by atoms with Gasteiger partial charge in [0.25, 0.3) is 0 Å². The van der Waals surface area contributed by atoms with E-state index in [0.717, 1.165) is 13.1 Å². The summed E-state index contributed by atoms with van der Waals surface area (Å²) in [7, 11) is 0. The van der Waals surface area contributed by atoms with E-state index < -0.39 is 0 Å². The lowest BCUT2D eigenvalue weighted by atomic mass is 10.1. The Balaban J connectivity index is 1.95. The van der Waals surface area contributed by atoms with E-state index in [0.29, 0.717) is 0 Å². The van der Waals surface area contributed by atoms with Crippen molar-refractivity contribution in [3.63, 3.8) is 0 Å². The minimum atomic E-state index is 1.02. The third-order valence-electron chi connectivity index (χ3n) is 2.71. The number of piperidine rings is 1. The van der Waals surface area contributed by atoms with E-state index in [1.165, 1.54) is 44.5 Å². The molecule has 0 unspecified atom stereocenters. The maximum absolute atomic E-state index is 3.45. The molecule has 0 saturated carbocycles. The molecule has 2 nitrogen and oxygen atoms in total. The lowest BCUT2D eigenvalue weighted by molar-refractivity contribution is 0.230. The predicted molar refractivity (Wildman–Crippen MR) is 62.6 cm³/mol. The molecule has 0 amide bonds. The molecule has 0 aromatic rings. The molecule has 1 heterocycles. The van der Waals surface area contributed by atoms with Crippen LogP contribution in [0.3, 0.4) is 0 Å². The van der Waals surface area contributed by atoms with Gasteiger partial charge in [-0.2, -0.15) is 0 Å². The number of rotatable bonds is 5. The van der Waals surface area contributed by atoms with Crippen LogP contribution in [0.5, 0.6) is 0 Å². The monoisotopic (exact) mass is 196 g/mol. The van der Waals surface area contributed by atoms with Crippen LogP contribution in [0.15, 0.2) is 11.6 Å². The van der Waals surface area contributed by atoms with Gasteiger partial charge >= 0.3 is 0 Å². The minimum Gasteiger partial charge on any atom is -0.312 e. The van der Waals surface area contributed by atoms with Gasteiger partial charge in [-0.05, 0) is 39.8 Å². The zero-order valence-corrected chi connectivity index (χ0v) is 9.68. The van der Waals surface area contributed by atoms with Crippen LogP contribution in [-0.4, -0.2) is 37.6 Å². The maximum Gasteiger partial charge on any atom is 0.0137 e. The quantitative estimate of drug-likeness (QED) is 0.534. The third-order valence-corrected chi connectivity index (χ3v) is 2.71. The minimum absolute atomic E-state index is 1.02. The Labute approximate surface area is 88.4 Å². The van der Waals surface area contributed by atoms with Crippen molar-refractivity contribution in [2.45, 2.75) is 33.1 Å². The summed E-state index contributed by atoms with van der Waals surface area (Å²) in [6.07, 6.45) is 6.47. The van der Waals surface area contributed by atoms with E-state index in [-0.39, 0.29) is 0 Å². The largest absolute Gasteiger partial charge is 0.312 e. The van der Waals surface area contributed by atoms with E-state index in [1.807, 2.05) is 0 Å². The molecule has 1 rings (SSSR count). The van der Waals surface area contributed by atoms with Crippen molar-refractivity contribution in [1.82, 2.24) is 10.2 Å². The molecule has 0 radical (unpaired) electrons. The molecule has 0 spiro atoms. The lowest BCUT2D eigenvalue weighted by Gasteiger charge is -2.26. The summed E-state index contributed by atoms with van der Waals surface area (Å²) in [5, 5.41) is 3.45. The highest BCUT2D eigenvalue weighted by atomic mass is 15.1. The fourth-order valence-electron chi connectivity index (χ4n) is 1.80. The summed E-state index contributed by atoms with van der Waals surface area (Å²) >= 11 is 0. The Morgan fingerprint density at radius 1 is 1.21 bits per heavy atom. The number of likely N-dealkylation sites (tertiary alicyclic amines) is 1. The second-order valence-electron chi connectivity index (χ2n) is 4.39. The van der Waals surface area contributed by atoms with Crippen molar-refractivity contribution >= 4 is 0 Å². The van der Waals surface area contributed by atoms with Crippen LogP contribution in [-0.2, 0) is 0 Å². The van der Waals surface area contributed by atoms with Gasteiger partial charge in [0.1, 0.15) is 0 Å². The van der Waals surface area contributed by atoms with Gasteiger partial charge in [0.15, 0.2) is 0 Å². The number of allylic oxidation sites excluding steroid dienone is 1. The van der Waals surface area contributed by atoms with Crippen LogP contribution in [0.4, 0.5) is 0 Å². The fourth-order valence-corrected chi connectivity index (χ4v) is 1.80. The molecule has 1 fully saturated rings. The average Bonchev–Trinajstić information content (AvgIpc) is 2.18. The van der Waals surface area contributed by atoms with Crippen molar-refractivity contribution in [3.05, 3.63) is 11.6 Å². The molecular weight excluding hydrogens is 172 g/mol. The van der Waals surface area contributed by atoms with Gasteiger partial charge in [-0.3, -0.25) is 0 Å². The normalized spacial score (nSPS) is 18.1. The maximum atomic E-state index is 3.45. The molecule has 14 heavy (non-hydrogen) atoms. The Bertz CT molecular complexity index is 165. The molecule has 1 aliphatic rings. The summed E-state index contributed by atoms with van der Waals surface area (Å²) in [5.41, 5.74) is 1.40. The van der Waals surface area contributed by atoms with E-state index >= 15 is 0 Å². The highest BCUT2D eigenvalue weighted by molar-refractivity contribution is 4.94. The first-order chi connectivity index (χ1) is 6.79. The lowest BCUT2D eigenvalue weighted by Crippen LogP contribution is -2.35. The fraction of sp³-hybridized carbons (Fsp3) is 0.833. The van der Waals surface area contributed by atoms with Gasteiger partial charge in [0, 0.05) is 19.6 Å². The first-order valence-electron chi connectivity index (χ1n) is 5.85. The van der Waals surface area contributed by atoms with Crippen LogP contribution >= 0.6 is 0 Å². The molecule has 0 bridgehead atoms. The summed E-state index contributed by atoms with van der Waals surface area (Å²) in [4.78, 5) is 2.57. The molecule has 1 aliphatic heterocycles. The molecule has 1 N–H and O–H groups in total. The molecule has 0 aliphatic carbocycles. The van der Waals surface area contributed by atoms with Gasteiger partial charge in [-0.1, -0.05) is 18.1 Å². The molecule has 82 valence electrons. The number of hydrogen-bond donors (Lipinski definition) is 1. The summed E-state index contributed by atoms with van der Waals surface area (Å²) in [5.74, 6) is 0. The van der Waals surface area contributed by atoms with Crippen LogP contribution in [0.25, 0.3) is 0 Å². The van der Waals surface area contributed by atoms with E-state index in [4.69, 9.17) is 0 Å². The highest BCUT2D eigenvalue weighted by Gasteiger charge is 2.08. The zero-order valence-electron chi connectivity index (χ0n) is 9.68. The molecule has 0 aromatic heterocycles. The second kappa shape index (κ2) is 7.02. The number of hydrogen-bond acceptors (Lipinski definition) is 2. The van der Waals surface area contributed by atoms with E-state index in [1.54, 1.807) is 0 Å². The van der Waals surface area contributed by atoms with Crippen LogP contribution in [0.2, 0.25) is 0 Å². The van der Waals surface area contributed by atoms with Crippen molar-refractivity contribution in [2.75, 3.05) is 32.7 Å². The molecule has 0 atom stereocenters. The van der Waals surface area contributed by atoms with Crippen molar-refractivity contribution in [2.24, 2.45) is 0 Å². The Morgan fingerprint density at radius 2 is 1.93 bits per heavy atom. The molecule has 1 saturated heterocycles. The molecular formula is C12H24N2. The topological polar surface area (TPSA) is 15.3 Å².